The first kappa shape index (κ1) is 12.0. The highest BCUT2D eigenvalue weighted by Gasteiger charge is 2.20. The van der Waals surface area contributed by atoms with Crippen molar-refractivity contribution in [2.24, 2.45) is 5.92 Å². The van der Waals surface area contributed by atoms with Crippen LogP contribution in [0.25, 0.3) is 11.5 Å². The Bertz CT molecular complexity index is 564. The van der Waals surface area contributed by atoms with Crippen LogP contribution in [0.5, 0.6) is 5.75 Å². The average molecular weight is 356 g/mol. The Morgan fingerprint density at radius 2 is 2.22 bits per heavy atom. The maximum Gasteiger partial charge on any atom is 0.258 e. The van der Waals surface area contributed by atoms with Gasteiger partial charge in [-0.15, -0.1) is 0 Å². The Morgan fingerprint density at radius 1 is 1.39 bits per heavy atom. The van der Waals surface area contributed by atoms with Gasteiger partial charge in [-0.1, -0.05) is 24.4 Å². The molecule has 5 heteroatoms. The molecule has 0 unspecified atom stereocenters. The van der Waals surface area contributed by atoms with E-state index in [1.165, 1.54) is 19.3 Å². The number of halogens is 1. The van der Waals surface area contributed by atoms with E-state index in [1.54, 1.807) is 6.07 Å². The van der Waals surface area contributed by atoms with E-state index in [1.807, 2.05) is 12.1 Å². The lowest BCUT2D eigenvalue weighted by Gasteiger charge is -2.23. The van der Waals surface area contributed by atoms with Crippen molar-refractivity contribution in [3.63, 3.8) is 0 Å². The van der Waals surface area contributed by atoms with Gasteiger partial charge in [0.15, 0.2) is 5.82 Å². The second-order valence-corrected chi connectivity index (χ2v) is 5.85. The average Bonchev–Trinajstić information content (AvgIpc) is 2.76. The molecule has 0 radical (unpaired) electrons. The number of benzene rings is 1. The molecule has 18 heavy (non-hydrogen) atoms. The second-order valence-electron chi connectivity index (χ2n) is 4.68. The maximum absolute atomic E-state index is 9.66. The molecule has 0 amide bonds. The standard InChI is InChI=1S/C13H13IN2O2/c14-10-5-4-9(7-11(10)17)13-15-12(16-18-13)6-8-2-1-3-8/h4-5,7-8,17H,1-3,6H2. The summed E-state index contributed by atoms with van der Waals surface area (Å²) in [6.45, 7) is 0. The van der Waals surface area contributed by atoms with Gasteiger partial charge in [0.25, 0.3) is 5.89 Å². The summed E-state index contributed by atoms with van der Waals surface area (Å²) in [6.07, 6.45) is 4.77. The highest BCUT2D eigenvalue weighted by atomic mass is 127. The lowest BCUT2D eigenvalue weighted by molar-refractivity contribution is 0.304. The van der Waals surface area contributed by atoms with Crippen LogP contribution < -0.4 is 0 Å². The number of hydrogen-bond acceptors (Lipinski definition) is 4. The first-order valence-corrected chi connectivity index (χ1v) is 7.12. The van der Waals surface area contributed by atoms with E-state index in [2.05, 4.69) is 32.7 Å². The molecule has 0 spiro atoms. The quantitative estimate of drug-likeness (QED) is 0.857. The Morgan fingerprint density at radius 3 is 2.89 bits per heavy atom. The number of phenols is 1. The van der Waals surface area contributed by atoms with Crippen LogP contribution in [0.2, 0.25) is 0 Å². The molecule has 0 bridgehead atoms. The topological polar surface area (TPSA) is 59.2 Å². The number of rotatable bonds is 3. The Hall–Kier alpha value is -1.11. The SMILES string of the molecule is Oc1cc(-c2nc(CC3CCC3)no2)ccc1I. The van der Waals surface area contributed by atoms with Crippen molar-refractivity contribution in [1.29, 1.82) is 0 Å². The molecule has 1 aromatic carbocycles. The van der Waals surface area contributed by atoms with Crippen LogP contribution in [0, 0.1) is 9.49 Å². The lowest BCUT2D eigenvalue weighted by Crippen LogP contribution is -2.14. The van der Waals surface area contributed by atoms with Crippen molar-refractivity contribution in [3.8, 4) is 17.2 Å². The van der Waals surface area contributed by atoms with Gasteiger partial charge in [-0.2, -0.15) is 4.98 Å². The molecule has 4 nitrogen and oxygen atoms in total. The number of hydrogen-bond donors (Lipinski definition) is 1. The summed E-state index contributed by atoms with van der Waals surface area (Å²) in [5.74, 6) is 2.22. The van der Waals surface area contributed by atoms with Gasteiger partial charge in [-0.25, -0.2) is 0 Å². The van der Waals surface area contributed by atoms with E-state index in [4.69, 9.17) is 4.52 Å². The van der Waals surface area contributed by atoms with E-state index in [-0.39, 0.29) is 5.75 Å². The number of aromatic nitrogens is 2. The Balaban J connectivity index is 1.80. The third kappa shape index (κ3) is 2.36. The fourth-order valence-corrected chi connectivity index (χ4v) is 2.39. The number of aromatic hydroxyl groups is 1. The van der Waals surface area contributed by atoms with Gasteiger partial charge in [0.05, 0.1) is 3.57 Å². The largest absolute Gasteiger partial charge is 0.507 e. The summed E-state index contributed by atoms with van der Waals surface area (Å²) in [4.78, 5) is 4.38. The van der Waals surface area contributed by atoms with E-state index >= 15 is 0 Å². The predicted octanol–water partition coefficient (Wildman–Crippen LogP) is 3.39. The smallest absolute Gasteiger partial charge is 0.258 e. The van der Waals surface area contributed by atoms with Gasteiger partial charge < -0.3 is 9.63 Å². The molecule has 1 saturated carbocycles. The van der Waals surface area contributed by atoms with E-state index in [0.29, 0.717) is 5.89 Å². The lowest BCUT2D eigenvalue weighted by atomic mass is 9.83. The van der Waals surface area contributed by atoms with Crippen LogP contribution in [0.15, 0.2) is 22.7 Å². The van der Waals surface area contributed by atoms with Gasteiger partial charge in [0.1, 0.15) is 5.75 Å². The molecule has 0 aliphatic heterocycles. The summed E-state index contributed by atoms with van der Waals surface area (Å²) in [7, 11) is 0. The van der Waals surface area contributed by atoms with Gasteiger partial charge in [-0.05, 0) is 46.7 Å². The van der Waals surface area contributed by atoms with Gasteiger partial charge in [-0.3, -0.25) is 0 Å². The molecule has 94 valence electrons. The molecule has 0 atom stereocenters. The molecule has 1 aliphatic rings. The molecule has 1 aromatic heterocycles. The van der Waals surface area contributed by atoms with Crippen LogP contribution >= 0.6 is 22.6 Å². The molecule has 3 rings (SSSR count). The normalized spacial score (nSPS) is 15.6. The van der Waals surface area contributed by atoms with E-state index in [0.717, 1.165) is 27.3 Å². The summed E-state index contributed by atoms with van der Waals surface area (Å²) in [6, 6.07) is 5.37. The molecule has 1 heterocycles. The van der Waals surface area contributed by atoms with Gasteiger partial charge >= 0.3 is 0 Å². The molecule has 2 aromatic rings. The van der Waals surface area contributed by atoms with Crippen LogP contribution in [0.4, 0.5) is 0 Å². The third-order valence-corrected chi connectivity index (χ3v) is 4.27. The van der Waals surface area contributed by atoms with E-state index in [9.17, 15) is 5.11 Å². The minimum absolute atomic E-state index is 0.242. The van der Waals surface area contributed by atoms with Crippen LogP contribution in [0.3, 0.4) is 0 Å². The zero-order chi connectivity index (χ0) is 12.5. The van der Waals surface area contributed by atoms with Crippen molar-refractivity contribution in [2.75, 3.05) is 0 Å². The third-order valence-electron chi connectivity index (χ3n) is 3.36. The molecule has 1 N–H and O–H groups in total. The minimum atomic E-state index is 0.242. The van der Waals surface area contributed by atoms with Crippen molar-refractivity contribution < 1.29 is 9.63 Å². The highest BCUT2D eigenvalue weighted by Crippen LogP contribution is 2.30. The molecule has 1 fully saturated rings. The van der Waals surface area contributed by atoms with Crippen LogP contribution in [-0.2, 0) is 6.42 Å². The zero-order valence-electron chi connectivity index (χ0n) is 9.77. The first-order chi connectivity index (χ1) is 8.72. The minimum Gasteiger partial charge on any atom is -0.507 e. The predicted molar refractivity (Wildman–Crippen MR) is 75.2 cm³/mol. The first-order valence-electron chi connectivity index (χ1n) is 6.04. The monoisotopic (exact) mass is 356 g/mol. The molecule has 0 saturated heterocycles. The number of nitrogens with zero attached hydrogens (tertiary/aromatic N) is 2. The molecular formula is C13H13IN2O2. The van der Waals surface area contributed by atoms with Crippen LogP contribution in [0.1, 0.15) is 25.1 Å². The Kier molecular flexibility index (Phi) is 3.23. The van der Waals surface area contributed by atoms with Crippen LogP contribution in [-0.4, -0.2) is 15.2 Å². The van der Waals surface area contributed by atoms with Crippen molar-refractivity contribution in [3.05, 3.63) is 27.6 Å². The zero-order valence-corrected chi connectivity index (χ0v) is 11.9. The highest BCUT2D eigenvalue weighted by molar-refractivity contribution is 14.1. The summed E-state index contributed by atoms with van der Waals surface area (Å²) in [5.41, 5.74) is 0.764. The maximum atomic E-state index is 9.66. The molecule has 1 aliphatic carbocycles. The Labute approximate surface area is 119 Å². The second kappa shape index (κ2) is 4.87. The van der Waals surface area contributed by atoms with Gasteiger partial charge in [0.2, 0.25) is 0 Å². The summed E-state index contributed by atoms with van der Waals surface area (Å²) >= 11 is 2.08. The molecular weight excluding hydrogens is 343 g/mol. The van der Waals surface area contributed by atoms with Gasteiger partial charge in [0, 0.05) is 12.0 Å². The number of phenolic OH excluding ortho intramolecular Hbond substituents is 1. The summed E-state index contributed by atoms with van der Waals surface area (Å²) < 4.78 is 6.05. The van der Waals surface area contributed by atoms with Crippen molar-refractivity contribution >= 4 is 22.6 Å². The van der Waals surface area contributed by atoms with Crippen molar-refractivity contribution in [1.82, 2.24) is 10.1 Å². The van der Waals surface area contributed by atoms with E-state index < -0.39 is 0 Å². The fourth-order valence-electron chi connectivity index (χ4n) is 2.05. The fraction of sp³-hybridized carbons (Fsp3) is 0.385. The van der Waals surface area contributed by atoms with Crippen molar-refractivity contribution in [2.45, 2.75) is 25.7 Å². The summed E-state index contributed by atoms with van der Waals surface area (Å²) in [5, 5.41) is 13.7.